The molecular weight excluding hydrogens is 224 g/mol. The molecule has 1 rings (SSSR count). The number of carboxylic acid groups (broad SMARTS) is 1. The van der Waals surface area contributed by atoms with Crippen LogP contribution in [0, 0.1) is 4.91 Å². The van der Waals surface area contributed by atoms with E-state index in [9.17, 15) is 14.5 Å². The monoisotopic (exact) mass is 244 g/mol. The van der Waals surface area contributed by atoms with Crippen molar-refractivity contribution in [1.29, 1.82) is 0 Å². The number of nitrogens with zero attached hydrogens (tertiary/aromatic N) is 2. The van der Waals surface area contributed by atoms with E-state index >= 15 is 0 Å². The number of rotatable bonds is 6. The smallest absolute Gasteiger partial charge is 0.303 e. The number of aliphatic carboxylic acids is 1. The molecule has 1 saturated carbocycles. The lowest BCUT2D eigenvalue weighted by atomic mass is 10.2. The molecule has 0 atom stereocenters. The molecule has 0 aliphatic heterocycles. The number of Topliss-reactive ketones (excluding diaryl/α,β-unsaturated/α-hetero) is 1. The summed E-state index contributed by atoms with van der Waals surface area (Å²) in [5.74, 6) is -0.346. The van der Waals surface area contributed by atoms with Crippen molar-refractivity contribution in [2.45, 2.75) is 44.9 Å². The van der Waals surface area contributed by atoms with Crippen LogP contribution in [-0.4, -0.2) is 35.5 Å². The van der Waals surface area contributed by atoms with Crippen LogP contribution in [0.15, 0.2) is 5.29 Å². The van der Waals surface area contributed by atoms with Gasteiger partial charge in [0.05, 0.1) is 5.29 Å². The number of carbonyl (C=O) groups is 2. The van der Waals surface area contributed by atoms with Crippen molar-refractivity contribution in [3.63, 3.8) is 0 Å². The van der Waals surface area contributed by atoms with E-state index in [1.165, 1.54) is 5.01 Å². The van der Waals surface area contributed by atoms with Gasteiger partial charge in [0.15, 0.2) is 0 Å². The number of ketones is 1. The van der Waals surface area contributed by atoms with Crippen molar-refractivity contribution in [3.8, 4) is 0 Å². The topological polar surface area (TPSA) is 87.0 Å². The van der Waals surface area contributed by atoms with Crippen molar-refractivity contribution in [3.05, 3.63) is 4.91 Å². The number of nitroso groups, excluding NO2 is 1. The molecule has 6 heteroatoms. The van der Waals surface area contributed by atoms with E-state index in [-0.39, 0.29) is 6.42 Å². The van der Waals surface area contributed by atoms with Crippen molar-refractivity contribution in [2.24, 2.45) is 5.29 Å². The molecule has 0 heterocycles. The van der Waals surface area contributed by atoms with Crippen LogP contribution in [0.1, 0.15) is 44.9 Å². The minimum absolute atomic E-state index is 0.159. The number of carbonyl (C=O) groups excluding carboxylic acids is 1. The number of hydrogen-bond donors (Lipinski definition) is 1. The first-order chi connectivity index (χ1) is 8.06. The second kappa shape index (κ2) is 9.74. The predicted molar refractivity (Wildman–Crippen MR) is 63.4 cm³/mol. The molecule has 0 unspecified atom stereocenters. The minimum atomic E-state index is -0.799. The molecule has 0 spiro atoms. The van der Waals surface area contributed by atoms with Crippen LogP contribution < -0.4 is 0 Å². The molecule has 1 fully saturated rings. The largest absolute Gasteiger partial charge is 0.481 e. The summed E-state index contributed by atoms with van der Waals surface area (Å²) in [5.41, 5.74) is 0. The molecule has 0 radical (unpaired) electrons. The highest BCUT2D eigenvalue weighted by Crippen LogP contribution is 2.11. The molecule has 0 saturated heterocycles. The Morgan fingerprint density at radius 2 is 1.94 bits per heavy atom. The van der Waals surface area contributed by atoms with E-state index in [4.69, 9.17) is 5.11 Å². The third-order valence-corrected chi connectivity index (χ3v) is 2.42. The summed E-state index contributed by atoms with van der Waals surface area (Å²) in [6, 6.07) is 0. The van der Waals surface area contributed by atoms with Gasteiger partial charge in [0.1, 0.15) is 5.78 Å². The van der Waals surface area contributed by atoms with E-state index in [2.05, 4.69) is 5.29 Å². The van der Waals surface area contributed by atoms with Gasteiger partial charge in [-0.3, -0.25) is 14.6 Å². The lowest BCUT2D eigenvalue weighted by Crippen LogP contribution is -2.11. The first-order valence-corrected chi connectivity index (χ1v) is 5.84. The molecule has 1 aliphatic rings. The SMILES string of the molecule is CN(CCCCC(=O)O)N=O.O=C1CCCC1. The molecule has 0 aromatic carbocycles. The van der Waals surface area contributed by atoms with Crippen LogP contribution in [0.3, 0.4) is 0 Å². The molecule has 0 bridgehead atoms. The average Bonchev–Trinajstić information content (AvgIpc) is 2.76. The Morgan fingerprint density at radius 1 is 1.35 bits per heavy atom. The zero-order valence-electron chi connectivity index (χ0n) is 10.2. The standard InChI is InChI=1S/C6H12N2O3.C5H8O/c1-8(7-11)5-3-2-4-6(9)10;6-5-3-1-2-4-5/h2-5H2,1H3,(H,9,10);1-4H2. The third-order valence-electron chi connectivity index (χ3n) is 2.42. The van der Waals surface area contributed by atoms with Gasteiger partial charge in [-0.2, -0.15) is 0 Å². The van der Waals surface area contributed by atoms with E-state index in [1.807, 2.05) is 0 Å². The summed E-state index contributed by atoms with van der Waals surface area (Å²) in [5, 5.41) is 12.1. The summed E-state index contributed by atoms with van der Waals surface area (Å²) in [6.45, 7) is 0.525. The summed E-state index contributed by atoms with van der Waals surface area (Å²) < 4.78 is 0. The summed E-state index contributed by atoms with van der Waals surface area (Å²) >= 11 is 0. The molecule has 0 aromatic rings. The molecule has 0 aromatic heterocycles. The zero-order valence-corrected chi connectivity index (χ0v) is 10.2. The van der Waals surface area contributed by atoms with Crippen LogP contribution in [0.5, 0.6) is 0 Å². The second-order valence-corrected chi connectivity index (χ2v) is 4.06. The zero-order chi connectivity index (χ0) is 13.1. The Bertz CT molecular complexity index is 248. The lowest BCUT2D eigenvalue weighted by molar-refractivity contribution is -0.137. The van der Waals surface area contributed by atoms with E-state index in [0.29, 0.717) is 25.2 Å². The van der Waals surface area contributed by atoms with Gasteiger partial charge in [0.2, 0.25) is 0 Å². The normalized spacial score (nSPS) is 13.8. The first-order valence-electron chi connectivity index (χ1n) is 5.84. The van der Waals surface area contributed by atoms with Gasteiger partial charge in [-0.05, 0) is 25.7 Å². The average molecular weight is 244 g/mol. The molecule has 1 N–H and O–H groups in total. The van der Waals surface area contributed by atoms with Gasteiger partial charge in [-0.15, -0.1) is 4.91 Å². The van der Waals surface area contributed by atoms with E-state index < -0.39 is 5.97 Å². The minimum Gasteiger partial charge on any atom is -0.481 e. The highest BCUT2D eigenvalue weighted by molar-refractivity contribution is 5.80. The van der Waals surface area contributed by atoms with Crippen LogP contribution in [-0.2, 0) is 9.59 Å². The van der Waals surface area contributed by atoms with Crippen molar-refractivity contribution in [2.75, 3.05) is 13.6 Å². The third kappa shape index (κ3) is 10.8. The molecule has 98 valence electrons. The Balaban J connectivity index is 0.000000354. The van der Waals surface area contributed by atoms with E-state index in [1.54, 1.807) is 7.05 Å². The summed E-state index contributed by atoms with van der Waals surface area (Å²) in [7, 11) is 1.56. The summed E-state index contributed by atoms with van der Waals surface area (Å²) in [6.07, 6.45) is 5.41. The van der Waals surface area contributed by atoms with Gasteiger partial charge in [0, 0.05) is 32.9 Å². The maximum absolute atomic E-state index is 10.2. The van der Waals surface area contributed by atoms with Gasteiger partial charge < -0.3 is 5.11 Å². The molecular formula is C11H20N2O4. The highest BCUT2D eigenvalue weighted by atomic mass is 16.4. The van der Waals surface area contributed by atoms with Crippen molar-refractivity contribution >= 4 is 11.8 Å². The Hall–Kier alpha value is -1.46. The number of hydrogen-bond acceptors (Lipinski definition) is 4. The molecule has 1 aliphatic carbocycles. The fraction of sp³-hybridized carbons (Fsp3) is 0.818. The van der Waals surface area contributed by atoms with Gasteiger partial charge in [0.25, 0.3) is 0 Å². The number of carboxylic acids is 1. The van der Waals surface area contributed by atoms with Crippen LogP contribution in [0.25, 0.3) is 0 Å². The summed E-state index contributed by atoms with van der Waals surface area (Å²) in [4.78, 5) is 30.1. The molecule has 6 nitrogen and oxygen atoms in total. The Kier molecular flexibility index (Phi) is 8.91. The first kappa shape index (κ1) is 15.5. The Morgan fingerprint density at radius 3 is 2.29 bits per heavy atom. The van der Waals surface area contributed by atoms with Gasteiger partial charge in [-0.25, -0.2) is 0 Å². The predicted octanol–water partition coefficient (Wildman–Crippen LogP) is 1.98. The van der Waals surface area contributed by atoms with Crippen molar-refractivity contribution < 1.29 is 14.7 Å². The molecule has 0 amide bonds. The lowest BCUT2D eigenvalue weighted by Gasteiger charge is -2.05. The molecule has 17 heavy (non-hydrogen) atoms. The quantitative estimate of drug-likeness (QED) is 0.438. The van der Waals surface area contributed by atoms with Crippen molar-refractivity contribution in [1.82, 2.24) is 5.01 Å². The van der Waals surface area contributed by atoms with Crippen LogP contribution in [0.2, 0.25) is 0 Å². The maximum Gasteiger partial charge on any atom is 0.303 e. The fourth-order valence-corrected chi connectivity index (χ4v) is 1.43. The number of unbranched alkanes of at least 4 members (excludes halogenated alkanes) is 1. The second-order valence-electron chi connectivity index (χ2n) is 4.06. The van der Waals surface area contributed by atoms with Crippen LogP contribution in [0.4, 0.5) is 0 Å². The van der Waals surface area contributed by atoms with E-state index in [0.717, 1.165) is 25.7 Å². The van der Waals surface area contributed by atoms with Crippen LogP contribution >= 0.6 is 0 Å². The maximum atomic E-state index is 10.2. The van der Waals surface area contributed by atoms with Gasteiger partial charge >= 0.3 is 5.97 Å². The Labute approximate surface area is 101 Å². The van der Waals surface area contributed by atoms with Gasteiger partial charge in [-0.1, -0.05) is 0 Å². The highest BCUT2D eigenvalue weighted by Gasteiger charge is 2.07. The fourth-order valence-electron chi connectivity index (χ4n) is 1.43.